The molecule has 0 atom stereocenters. The molecule has 2 aliphatic rings. The molecule has 1 aromatic rings. The molecule has 1 aliphatic carbocycles. The van der Waals surface area contributed by atoms with Gasteiger partial charge < -0.3 is 16.6 Å². The molecule has 1 aromatic carbocycles. The monoisotopic (exact) mass is 379 g/mol. The number of nitrogens with two attached hydrogens (primary N) is 2. The predicted octanol–water partition coefficient (Wildman–Crippen LogP) is 2.26. The van der Waals surface area contributed by atoms with Gasteiger partial charge in [0.1, 0.15) is 5.66 Å². The number of aromatic carboxylic acids is 1. The zero-order chi connectivity index (χ0) is 16.6. The molecule has 0 aromatic heterocycles. The Morgan fingerprint density at radius 2 is 1.96 bits per heavy atom. The average Bonchev–Trinajstić information content (AvgIpc) is 2.48. The van der Waals surface area contributed by atoms with E-state index in [4.69, 9.17) is 16.6 Å². The summed E-state index contributed by atoms with van der Waals surface area (Å²) in [5.41, 5.74) is 12.4. The summed E-state index contributed by atoms with van der Waals surface area (Å²) >= 11 is 3.45. The number of carboxylic acids is 1. The second-order valence-electron chi connectivity index (χ2n) is 5.79. The van der Waals surface area contributed by atoms with Gasteiger partial charge in [-0.05, 0) is 59.8 Å². The molecule has 0 saturated heterocycles. The van der Waals surface area contributed by atoms with E-state index in [2.05, 4.69) is 25.9 Å². The Balaban J connectivity index is 2.09. The zero-order valence-electron chi connectivity index (χ0n) is 12.5. The highest BCUT2D eigenvalue weighted by molar-refractivity contribution is 9.10. The van der Waals surface area contributed by atoms with Crippen molar-refractivity contribution in [1.82, 2.24) is 0 Å². The number of carbonyl (C=O) groups is 1. The molecule has 0 unspecified atom stereocenters. The van der Waals surface area contributed by atoms with Gasteiger partial charge in [-0.1, -0.05) is 6.42 Å². The maximum absolute atomic E-state index is 11.1. The molecule has 1 saturated carbocycles. The summed E-state index contributed by atoms with van der Waals surface area (Å²) in [6.45, 7) is 0. The Labute approximate surface area is 142 Å². The number of benzene rings is 1. The van der Waals surface area contributed by atoms with Crippen LogP contribution in [-0.2, 0) is 0 Å². The first-order valence-electron chi connectivity index (χ1n) is 7.45. The van der Waals surface area contributed by atoms with Crippen LogP contribution < -0.4 is 16.4 Å². The average molecular weight is 380 g/mol. The number of hydrogen-bond donors (Lipinski definition) is 3. The van der Waals surface area contributed by atoms with E-state index in [1.165, 1.54) is 0 Å². The lowest BCUT2D eigenvalue weighted by molar-refractivity contribution is 0.0697. The SMILES string of the molecule is NC1=NC2(CCCCC2)N(c2ccc(C(=O)O)cc2Br)C(N)=N1. The highest BCUT2D eigenvalue weighted by Crippen LogP contribution is 2.41. The second-order valence-corrected chi connectivity index (χ2v) is 6.64. The number of guanidine groups is 2. The largest absolute Gasteiger partial charge is 0.478 e. The van der Waals surface area contributed by atoms with E-state index < -0.39 is 11.6 Å². The normalized spacial score (nSPS) is 20.1. The van der Waals surface area contributed by atoms with E-state index in [0.29, 0.717) is 4.47 Å². The maximum Gasteiger partial charge on any atom is 0.335 e. The first kappa shape index (κ1) is 15.8. The van der Waals surface area contributed by atoms with Gasteiger partial charge in [-0.15, -0.1) is 0 Å². The van der Waals surface area contributed by atoms with Crippen LogP contribution >= 0.6 is 15.9 Å². The van der Waals surface area contributed by atoms with Crippen molar-refractivity contribution in [2.45, 2.75) is 37.8 Å². The van der Waals surface area contributed by atoms with Gasteiger partial charge >= 0.3 is 5.97 Å². The topological polar surface area (TPSA) is 117 Å². The summed E-state index contributed by atoms with van der Waals surface area (Å²) in [4.78, 5) is 21.7. The van der Waals surface area contributed by atoms with Gasteiger partial charge in [0.15, 0.2) is 0 Å². The third-order valence-electron chi connectivity index (χ3n) is 4.29. The van der Waals surface area contributed by atoms with Gasteiger partial charge in [0.05, 0.1) is 11.3 Å². The van der Waals surface area contributed by atoms with Crippen LogP contribution in [0.2, 0.25) is 0 Å². The molecule has 3 rings (SSSR count). The van der Waals surface area contributed by atoms with Crippen molar-refractivity contribution in [3.05, 3.63) is 28.2 Å². The van der Waals surface area contributed by atoms with Crippen LogP contribution in [0, 0.1) is 0 Å². The Morgan fingerprint density at radius 3 is 2.57 bits per heavy atom. The van der Waals surface area contributed by atoms with E-state index in [9.17, 15) is 4.79 Å². The number of carboxylic acid groups (broad SMARTS) is 1. The van der Waals surface area contributed by atoms with Crippen molar-refractivity contribution < 1.29 is 9.90 Å². The van der Waals surface area contributed by atoms with Gasteiger partial charge in [0.2, 0.25) is 11.9 Å². The number of nitrogens with zero attached hydrogens (tertiary/aromatic N) is 3. The van der Waals surface area contributed by atoms with Crippen molar-refractivity contribution in [3.8, 4) is 0 Å². The molecule has 8 heteroatoms. The van der Waals surface area contributed by atoms with E-state index >= 15 is 0 Å². The van der Waals surface area contributed by atoms with Crippen molar-refractivity contribution in [3.63, 3.8) is 0 Å². The number of aliphatic imine (C=N–C) groups is 2. The number of halogens is 1. The van der Waals surface area contributed by atoms with Crippen LogP contribution in [0.3, 0.4) is 0 Å². The molecule has 7 nitrogen and oxygen atoms in total. The van der Waals surface area contributed by atoms with Crippen LogP contribution in [0.1, 0.15) is 42.5 Å². The van der Waals surface area contributed by atoms with Gasteiger partial charge in [-0.3, -0.25) is 4.90 Å². The molecule has 1 spiro atoms. The van der Waals surface area contributed by atoms with Crippen LogP contribution in [0.25, 0.3) is 0 Å². The molecule has 0 radical (unpaired) electrons. The fraction of sp³-hybridized carbons (Fsp3) is 0.400. The highest BCUT2D eigenvalue weighted by Gasteiger charge is 2.43. The third kappa shape index (κ3) is 2.78. The van der Waals surface area contributed by atoms with Crippen LogP contribution in [0.4, 0.5) is 5.69 Å². The quantitative estimate of drug-likeness (QED) is 0.728. The summed E-state index contributed by atoms with van der Waals surface area (Å²) in [5.74, 6) is -0.505. The van der Waals surface area contributed by atoms with Crippen LogP contribution in [-0.4, -0.2) is 28.7 Å². The molecule has 0 amide bonds. The Hall–Kier alpha value is -2.09. The van der Waals surface area contributed by atoms with Crippen molar-refractivity contribution in [1.29, 1.82) is 0 Å². The molecule has 1 aliphatic heterocycles. The van der Waals surface area contributed by atoms with Crippen molar-refractivity contribution >= 4 is 39.5 Å². The smallest absolute Gasteiger partial charge is 0.335 e. The minimum atomic E-state index is -0.979. The molecule has 5 N–H and O–H groups in total. The highest BCUT2D eigenvalue weighted by atomic mass is 79.9. The van der Waals surface area contributed by atoms with Gasteiger partial charge in [-0.25, -0.2) is 9.79 Å². The molecule has 23 heavy (non-hydrogen) atoms. The third-order valence-corrected chi connectivity index (χ3v) is 4.92. The first-order valence-corrected chi connectivity index (χ1v) is 8.25. The number of hydrogen-bond acceptors (Lipinski definition) is 6. The van der Waals surface area contributed by atoms with E-state index in [0.717, 1.165) is 37.8 Å². The molecule has 0 bridgehead atoms. The van der Waals surface area contributed by atoms with Crippen molar-refractivity contribution in [2.24, 2.45) is 21.5 Å². The standard InChI is InChI=1S/C15H18BrN5O2/c16-10-8-9(12(22)23)4-5-11(10)21-14(18)19-13(17)20-15(21)6-2-1-3-7-15/h4-5,8H,1-3,6-7H2,(H,22,23)(H4,17,18,19,20). The minimum absolute atomic E-state index is 0.193. The fourth-order valence-electron chi connectivity index (χ4n) is 3.29. The number of rotatable bonds is 2. The summed E-state index contributed by atoms with van der Waals surface area (Å²) < 4.78 is 0.635. The lowest BCUT2D eigenvalue weighted by Gasteiger charge is -2.45. The summed E-state index contributed by atoms with van der Waals surface area (Å²) in [6, 6.07) is 4.83. The minimum Gasteiger partial charge on any atom is -0.478 e. The van der Waals surface area contributed by atoms with E-state index in [1.54, 1.807) is 18.2 Å². The molecular formula is C15H18BrN5O2. The Bertz CT molecular complexity index is 710. The lowest BCUT2D eigenvalue weighted by atomic mass is 9.87. The zero-order valence-corrected chi connectivity index (χ0v) is 14.1. The van der Waals surface area contributed by atoms with Gasteiger partial charge in [-0.2, -0.15) is 4.99 Å². The van der Waals surface area contributed by atoms with Crippen LogP contribution in [0.15, 0.2) is 32.7 Å². The number of anilines is 1. The first-order chi connectivity index (χ1) is 10.9. The van der Waals surface area contributed by atoms with Gasteiger partial charge in [0, 0.05) is 4.47 Å². The van der Waals surface area contributed by atoms with E-state index in [-0.39, 0.29) is 17.5 Å². The Morgan fingerprint density at radius 1 is 1.26 bits per heavy atom. The molecule has 1 heterocycles. The van der Waals surface area contributed by atoms with Crippen LogP contribution in [0.5, 0.6) is 0 Å². The second kappa shape index (κ2) is 5.84. The Kier molecular flexibility index (Phi) is 4.01. The summed E-state index contributed by atoms with van der Waals surface area (Å²) in [6.07, 6.45) is 4.88. The maximum atomic E-state index is 11.1. The van der Waals surface area contributed by atoms with Crippen molar-refractivity contribution in [2.75, 3.05) is 4.90 Å². The summed E-state index contributed by atoms with van der Waals surface area (Å²) in [5, 5.41) is 9.12. The molecular weight excluding hydrogens is 362 g/mol. The fourth-order valence-corrected chi connectivity index (χ4v) is 3.85. The summed E-state index contributed by atoms with van der Waals surface area (Å²) in [7, 11) is 0. The predicted molar refractivity (Wildman–Crippen MR) is 92.6 cm³/mol. The lowest BCUT2D eigenvalue weighted by Crippen LogP contribution is -2.58. The molecule has 122 valence electrons. The van der Waals surface area contributed by atoms with E-state index in [1.807, 2.05) is 4.90 Å². The molecule has 1 fully saturated rings. The van der Waals surface area contributed by atoms with Gasteiger partial charge in [0.25, 0.3) is 0 Å².